The van der Waals surface area contributed by atoms with E-state index in [1.54, 1.807) is 0 Å². The Morgan fingerprint density at radius 1 is 1.24 bits per heavy atom. The average Bonchev–Trinajstić information content (AvgIpc) is 3.68. The van der Waals surface area contributed by atoms with E-state index in [0.29, 0.717) is 24.6 Å². The molecule has 0 aliphatic heterocycles. The van der Waals surface area contributed by atoms with Crippen LogP contribution < -0.4 is 21.7 Å². The number of nitrogens with zero attached hydrogens (tertiary/aromatic N) is 2. The first-order valence-electron chi connectivity index (χ1n) is 11.2. The van der Waals surface area contributed by atoms with Crippen LogP contribution in [0.4, 0.5) is 24.5 Å². The SMILES string of the molecule is C=C/N=C\C(=C/N)C(=O)NC1(C(=O)NCc2ccc(Nc3ccc(C(=O)OC)cc3C(F)(F)F)cn2)CC1. The second kappa shape index (κ2) is 11.6. The number of ether oxygens (including phenoxy) is 1. The Labute approximate surface area is 215 Å². The molecular weight excluding hydrogens is 505 g/mol. The third-order valence-electron chi connectivity index (χ3n) is 5.58. The van der Waals surface area contributed by atoms with Gasteiger partial charge in [0.2, 0.25) is 5.91 Å². The quantitative estimate of drug-likeness (QED) is 0.210. The van der Waals surface area contributed by atoms with Crippen molar-refractivity contribution >= 4 is 35.4 Å². The number of esters is 1. The van der Waals surface area contributed by atoms with Gasteiger partial charge in [0.05, 0.1) is 53.6 Å². The highest BCUT2D eigenvalue weighted by Crippen LogP contribution is 2.37. The Hall–Kier alpha value is -4.68. The van der Waals surface area contributed by atoms with Gasteiger partial charge in [-0.1, -0.05) is 6.58 Å². The van der Waals surface area contributed by atoms with Crippen molar-refractivity contribution in [2.24, 2.45) is 10.7 Å². The minimum atomic E-state index is -4.72. The predicted octanol–water partition coefficient (Wildman–Crippen LogP) is 2.95. The molecule has 3 rings (SSSR count). The van der Waals surface area contributed by atoms with Crippen LogP contribution in [0.5, 0.6) is 0 Å². The van der Waals surface area contributed by atoms with Crippen LogP contribution in [-0.4, -0.2) is 41.6 Å². The molecule has 0 atom stereocenters. The van der Waals surface area contributed by atoms with Gasteiger partial charge in [-0.05, 0) is 43.2 Å². The number of methoxy groups -OCH3 is 1. The lowest BCUT2D eigenvalue weighted by molar-refractivity contribution is -0.137. The summed E-state index contributed by atoms with van der Waals surface area (Å²) >= 11 is 0. The van der Waals surface area contributed by atoms with Crippen LogP contribution in [0.2, 0.25) is 0 Å². The zero-order valence-corrected chi connectivity index (χ0v) is 20.3. The standard InChI is InChI=1S/C25H25F3N6O4/c1-3-30-12-16(11-29)21(35)34-24(8-9-24)23(37)32-13-17-5-6-18(14-31-17)33-20-7-4-15(22(36)38-2)10-19(20)25(26,27)28/h3-7,10-12,14,33H,1,8-9,13,29H2,2H3,(H,32,37)(H,34,35)/b16-11+,30-12-. The van der Waals surface area contributed by atoms with Gasteiger partial charge in [0.25, 0.3) is 5.91 Å². The van der Waals surface area contributed by atoms with E-state index < -0.39 is 35.1 Å². The van der Waals surface area contributed by atoms with Crippen molar-refractivity contribution in [2.75, 3.05) is 12.4 Å². The third-order valence-corrected chi connectivity index (χ3v) is 5.58. The van der Waals surface area contributed by atoms with Gasteiger partial charge in [0, 0.05) is 18.6 Å². The normalized spacial score (nSPS) is 14.5. The van der Waals surface area contributed by atoms with E-state index in [-0.39, 0.29) is 29.1 Å². The fourth-order valence-electron chi connectivity index (χ4n) is 3.36. The Morgan fingerprint density at radius 2 is 1.97 bits per heavy atom. The number of benzene rings is 1. The van der Waals surface area contributed by atoms with Gasteiger partial charge in [-0.2, -0.15) is 13.2 Å². The minimum absolute atomic E-state index is 0.0237. The van der Waals surface area contributed by atoms with Crippen molar-refractivity contribution in [3.63, 3.8) is 0 Å². The van der Waals surface area contributed by atoms with E-state index in [9.17, 15) is 27.6 Å². The van der Waals surface area contributed by atoms with Crippen LogP contribution >= 0.6 is 0 Å². The summed E-state index contributed by atoms with van der Waals surface area (Å²) in [6.45, 7) is 3.44. The van der Waals surface area contributed by atoms with Gasteiger partial charge in [0.1, 0.15) is 5.54 Å². The topological polar surface area (TPSA) is 148 Å². The summed E-state index contributed by atoms with van der Waals surface area (Å²) < 4.78 is 45.1. The molecule has 1 aromatic heterocycles. The number of aliphatic imine (C=N–C) groups is 1. The van der Waals surface area contributed by atoms with Crippen molar-refractivity contribution in [1.82, 2.24) is 15.6 Å². The maximum atomic E-state index is 13.5. The highest BCUT2D eigenvalue weighted by atomic mass is 19.4. The molecule has 0 saturated heterocycles. The number of alkyl halides is 3. The second-order valence-corrected chi connectivity index (χ2v) is 8.21. The molecule has 5 N–H and O–H groups in total. The van der Waals surface area contributed by atoms with Crippen molar-refractivity contribution < 1.29 is 32.3 Å². The lowest BCUT2D eigenvalue weighted by atomic mass is 10.1. The smallest absolute Gasteiger partial charge is 0.418 e. The molecule has 1 fully saturated rings. The summed E-state index contributed by atoms with van der Waals surface area (Å²) in [6, 6.07) is 6.07. The molecular formula is C25H25F3N6O4. The number of halogens is 3. The molecule has 38 heavy (non-hydrogen) atoms. The molecule has 0 radical (unpaired) electrons. The highest BCUT2D eigenvalue weighted by Gasteiger charge is 2.51. The number of rotatable bonds is 10. The van der Waals surface area contributed by atoms with Gasteiger partial charge in [-0.3, -0.25) is 19.6 Å². The fourth-order valence-corrected chi connectivity index (χ4v) is 3.36. The number of nitrogens with one attached hydrogen (secondary N) is 3. The first-order valence-corrected chi connectivity index (χ1v) is 11.2. The summed E-state index contributed by atoms with van der Waals surface area (Å²) in [5.41, 5.74) is 3.58. The van der Waals surface area contributed by atoms with Crippen molar-refractivity contribution in [2.45, 2.75) is 31.1 Å². The van der Waals surface area contributed by atoms with E-state index in [0.717, 1.165) is 19.4 Å². The van der Waals surface area contributed by atoms with Crippen molar-refractivity contribution in [3.8, 4) is 0 Å². The average molecular weight is 531 g/mol. The van der Waals surface area contributed by atoms with Crippen molar-refractivity contribution in [3.05, 3.63) is 77.9 Å². The summed E-state index contributed by atoms with van der Waals surface area (Å²) in [5.74, 6) is -1.86. The van der Waals surface area contributed by atoms with Gasteiger partial charge >= 0.3 is 12.1 Å². The predicted molar refractivity (Wildman–Crippen MR) is 133 cm³/mol. The molecule has 1 aromatic carbocycles. The third kappa shape index (κ3) is 6.75. The molecule has 200 valence electrons. The summed E-state index contributed by atoms with van der Waals surface area (Å²) in [5, 5.41) is 7.99. The number of aromatic nitrogens is 1. The fraction of sp³-hybridized carbons (Fsp3) is 0.240. The van der Waals surface area contributed by atoms with Gasteiger partial charge in [-0.25, -0.2) is 4.79 Å². The highest BCUT2D eigenvalue weighted by molar-refractivity contribution is 6.13. The van der Waals surface area contributed by atoms with Crippen LogP contribution in [0.15, 0.2) is 66.1 Å². The van der Waals surface area contributed by atoms with Crippen LogP contribution in [0.1, 0.15) is 34.5 Å². The van der Waals surface area contributed by atoms with Crippen LogP contribution in [0, 0.1) is 0 Å². The first-order chi connectivity index (χ1) is 18.0. The molecule has 0 unspecified atom stereocenters. The molecule has 1 saturated carbocycles. The zero-order chi connectivity index (χ0) is 27.9. The maximum Gasteiger partial charge on any atom is 0.418 e. The Bertz CT molecular complexity index is 1280. The first kappa shape index (κ1) is 27.9. The molecule has 0 spiro atoms. The lowest BCUT2D eigenvalue weighted by Crippen LogP contribution is -2.49. The van der Waals surface area contributed by atoms with Gasteiger partial charge in [-0.15, -0.1) is 0 Å². The molecule has 2 aromatic rings. The number of anilines is 2. The Morgan fingerprint density at radius 3 is 2.53 bits per heavy atom. The minimum Gasteiger partial charge on any atom is -0.465 e. The van der Waals surface area contributed by atoms with Crippen molar-refractivity contribution in [1.29, 1.82) is 0 Å². The van der Waals surface area contributed by atoms with E-state index in [1.807, 2.05) is 0 Å². The number of carbonyl (C=O) groups is 3. The number of amides is 2. The van der Waals surface area contributed by atoms with E-state index >= 15 is 0 Å². The number of carbonyl (C=O) groups excluding carboxylic acids is 3. The second-order valence-electron chi connectivity index (χ2n) is 8.21. The van der Waals surface area contributed by atoms with Crippen LogP contribution in [-0.2, 0) is 27.0 Å². The summed E-state index contributed by atoms with van der Waals surface area (Å²) in [6.07, 6.45) is 0.989. The summed E-state index contributed by atoms with van der Waals surface area (Å²) in [4.78, 5) is 44.6. The molecule has 10 nitrogen and oxygen atoms in total. The van der Waals surface area contributed by atoms with E-state index in [1.165, 1.54) is 36.8 Å². The van der Waals surface area contributed by atoms with Gasteiger partial charge in [0.15, 0.2) is 0 Å². The number of hydrogen-bond acceptors (Lipinski definition) is 8. The monoisotopic (exact) mass is 530 g/mol. The lowest BCUT2D eigenvalue weighted by Gasteiger charge is -2.17. The molecule has 1 aliphatic carbocycles. The summed E-state index contributed by atoms with van der Waals surface area (Å²) in [7, 11) is 1.08. The number of hydrogen-bond donors (Lipinski definition) is 4. The number of nitrogens with two attached hydrogens (primary N) is 1. The molecule has 1 heterocycles. The molecule has 13 heteroatoms. The molecule has 0 bridgehead atoms. The maximum absolute atomic E-state index is 13.5. The van der Waals surface area contributed by atoms with Crippen LogP contribution in [0.25, 0.3) is 0 Å². The van der Waals surface area contributed by atoms with Crippen LogP contribution in [0.3, 0.4) is 0 Å². The largest absolute Gasteiger partial charge is 0.465 e. The van der Waals surface area contributed by atoms with Gasteiger partial charge < -0.3 is 26.4 Å². The van der Waals surface area contributed by atoms with E-state index in [4.69, 9.17) is 5.73 Å². The molecule has 2 amide bonds. The Balaban J connectivity index is 1.63. The molecule has 1 aliphatic rings. The zero-order valence-electron chi connectivity index (χ0n) is 20.3. The Kier molecular flexibility index (Phi) is 8.50. The van der Waals surface area contributed by atoms with E-state index in [2.05, 4.69) is 37.2 Å². The number of pyridine rings is 1.